The van der Waals surface area contributed by atoms with Crippen molar-refractivity contribution in [3.63, 3.8) is 0 Å². The Bertz CT molecular complexity index is 3100. The summed E-state index contributed by atoms with van der Waals surface area (Å²) in [6, 6.07) is -1.55. The van der Waals surface area contributed by atoms with Crippen LogP contribution in [-0.4, -0.2) is 362 Å². The molecule has 1 amide bonds. The van der Waals surface area contributed by atoms with Gasteiger partial charge in [-0.25, -0.2) is 4.79 Å². The van der Waals surface area contributed by atoms with Crippen molar-refractivity contribution in [1.29, 1.82) is 0 Å². The first kappa shape index (κ1) is 85.5. The maximum absolute atomic E-state index is 16.0. The summed E-state index contributed by atoms with van der Waals surface area (Å²) in [6.45, 7) is 10.8. The summed E-state index contributed by atoms with van der Waals surface area (Å²) in [6.07, 6.45) is -47.2. The zero-order chi connectivity index (χ0) is 78.8. The molecule has 6 saturated heterocycles. The molecule has 37 nitrogen and oxygen atoms in total. The molecule has 11 rings (SSSR count). The molecule has 618 valence electrons. The van der Waals surface area contributed by atoms with Gasteiger partial charge >= 0.3 is 11.9 Å². The highest BCUT2D eigenvalue weighted by Crippen LogP contribution is 2.76. The molecule has 4 saturated carbocycles. The second-order valence-electron chi connectivity index (χ2n) is 33.0. The lowest BCUT2D eigenvalue weighted by atomic mass is 9.33. The van der Waals surface area contributed by atoms with Gasteiger partial charge in [-0.2, -0.15) is 0 Å². The summed E-state index contributed by atoms with van der Waals surface area (Å²) in [5.74, 6) is -5.02. The number of carbonyl (C=O) groups is 4. The molecule has 6 heterocycles. The number of aliphatic hydroxyl groups excluding tert-OH is 16. The number of carbonyl (C=O) groups excluding carboxylic acids is 3. The number of esters is 1. The van der Waals surface area contributed by atoms with Crippen molar-refractivity contribution in [2.45, 2.75) is 290 Å². The van der Waals surface area contributed by atoms with Gasteiger partial charge in [0, 0.05) is 7.11 Å². The highest BCUT2D eigenvalue weighted by atomic mass is 16.8. The monoisotopic (exact) mass is 1560 g/mol. The molecular weight excluding hydrogens is 1440 g/mol. The molecular formula is C71H113NO36. The quantitative estimate of drug-likeness (QED) is 0.0133. The number of aldehydes is 1. The molecule has 0 radical (unpaired) electrons. The predicted molar refractivity (Wildman–Crippen MR) is 356 cm³/mol. The van der Waals surface area contributed by atoms with Crippen LogP contribution < -0.4 is 5.32 Å². The second-order valence-corrected chi connectivity index (χ2v) is 33.0. The molecule has 108 heavy (non-hydrogen) atoms. The first-order chi connectivity index (χ1) is 50.9. The fraction of sp³-hybridized carbons (Fsp3) is 0.915. The maximum atomic E-state index is 16.0. The number of fused-ring (bicyclic) bond motifs is 7. The van der Waals surface area contributed by atoms with Crippen LogP contribution in [0.15, 0.2) is 11.6 Å². The molecule has 6 aliphatic heterocycles. The van der Waals surface area contributed by atoms with Crippen LogP contribution in [0.3, 0.4) is 0 Å². The van der Waals surface area contributed by atoms with E-state index in [1.807, 2.05) is 0 Å². The maximum Gasteiger partial charge on any atom is 0.335 e. The molecule has 37 heteroatoms. The van der Waals surface area contributed by atoms with E-state index in [-0.39, 0.29) is 45.0 Å². The van der Waals surface area contributed by atoms with Crippen molar-refractivity contribution in [3.8, 4) is 0 Å². The lowest BCUT2D eigenvalue weighted by Crippen LogP contribution is -2.70. The average Bonchev–Trinajstić information content (AvgIpc) is 0.670. The van der Waals surface area contributed by atoms with E-state index in [0.717, 1.165) is 11.9 Å². The third kappa shape index (κ3) is 15.7. The van der Waals surface area contributed by atoms with Crippen LogP contribution in [-0.2, 0) is 90.2 Å². The number of hydrogen-bond donors (Lipinski definition) is 18. The molecule has 0 bridgehead atoms. The van der Waals surface area contributed by atoms with Crippen molar-refractivity contribution in [2.75, 3.05) is 66.6 Å². The van der Waals surface area contributed by atoms with Crippen molar-refractivity contribution in [2.24, 2.45) is 50.2 Å². The van der Waals surface area contributed by atoms with Crippen LogP contribution in [0.1, 0.15) is 106 Å². The van der Waals surface area contributed by atoms with Crippen LogP contribution >= 0.6 is 0 Å². The third-order valence-electron chi connectivity index (χ3n) is 26.2. The zero-order valence-electron chi connectivity index (χ0n) is 61.8. The Kier molecular flexibility index (Phi) is 26.8. The van der Waals surface area contributed by atoms with Gasteiger partial charge in [-0.05, 0) is 104 Å². The number of carboxylic acid groups (broad SMARTS) is 1. The van der Waals surface area contributed by atoms with Gasteiger partial charge in [-0.1, -0.05) is 53.2 Å². The number of allylic oxidation sites excluding steroid dienone is 2. The van der Waals surface area contributed by atoms with E-state index in [1.54, 1.807) is 6.92 Å². The Hall–Kier alpha value is -3.38. The minimum absolute atomic E-state index is 0.00116. The SMILES string of the molecule is COCCOCCOCC(=O)N[C@H]1C(CO)O[C@@H](OC(=O)[C@]23CCC(C)(C)CC2C2=CCC4C5(C)CC[C@H](O[C@@H]6OC(C(=O)O)[C@@H](O)[C@H](O[C@@H]7OC[C@@H](O)[C@H](O)C7O)C6O[C@@H]6OC(CO)[C@H](O)[C@H](O)C6O)[C@](C)(C=O)[C@@H]5CC[C@]4(C)[C@]2(C)CC3O)C(O[C@@H]2OC(C)[C@H](O[C@@H]3OC[C@@H](O)C(O)C3O)C(O)C2O)C1O. The fourth-order valence-electron chi connectivity index (χ4n) is 19.8. The van der Waals surface area contributed by atoms with Crippen LogP contribution in [0.5, 0.6) is 0 Å². The number of rotatable bonds is 25. The van der Waals surface area contributed by atoms with Crippen LogP contribution in [0.2, 0.25) is 0 Å². The summed E-state index contributed by atoms with van der Waals surface area (Å²) in [7, 11) is 1.50. The highest BCUT2D eigenvalue weighted by molar-refractivity contribution is 5.80. The number of aliphatic carboxylic acids is 1. The van der Waals surface area contributed by atoms with E-state index in [0.29, 0.717) is 45.1 Å². The van der Waals surface area contributed by atoms with Crippen molar-refractivity contribution < 1.29 is 177 Å². The first-order valence-corrected chi connectivity index (χ1v) is 37.3. The third-order valence-corrected chi connectivity index (χ3v) is 26.2. The normalized spacial score (nSPS) is 50.2. The molecule has 10 fully saturated rings. The number of nitrogens with one attached hydrogen (secondary N) is 1. The van der Waals surface area contributed by atoms with Gasteiger partial charge in [0.2, 0.25) is 12.2 Å². The van der Waals surface area contributed by atoms with Gasteiger partial charge in [-0.3, -0.25) is 9.59 Å². The Morgan fingerprint density at radius 3 is 1.78 bits per heavy atom. The minimum atomic E-state index is -2.23. The minimum Gasteiger partial charge on any atom is -0.479 e. The molecule has 0 aromatic carbocycles. The Balaban J connectivity index is 0.868. The highest BCUT2D eigenvalue weighted by Gasteiger charge is 2.73. The number of methoxy groups -OCH3 is 1. The van der Waals surface area contributed by atoms with Crippen molar-refractivity contribution in [1.82, 2.24) is 5.32 Å². The summed E-state index contributed by atoms with van der Waals surface area (Å²) >= 11 is 0. The van der Waals surface area contributed by atoms with Gasteiger partial charge in [-0.15, -0.1) is 0 Å². The fourth-order valence-corrected chi connectivity index (χ4v) is 19.8. The van der Waals surface area contributed by atoms with Gasteiger partial charge in [0.1, 0.15) is 128 Å². The van der Waals surface area contributed by atoms with E-state index >= 15 is 4.79 Å². The molecule has 17 unspecified atom stereocenters. The van der Waals surface area contributed by atoms with E-state index < -0.39 is 279 Å². The van der Waals surface area contributed by atoms with Gasteiger partial charge in [0.25, 0.3) is 0 Å². The van der Waals surface area contributed by atoms with E-state index in [2.05, 4.69) is 46.0 Å². The summed E-state index contributed by atoms with van der Waals surface area (Å²) in [4.78, 5) is 56.9. The van der Waals surface area contributed by atoms with Crippen LogP contribution in [0.4, 0.5) is 0 Å². The number of ether oxygens (including phenoxy) is 15. The van der Waals surface area contributed by atoms with Crippen molar-refractivity contribution >= 4 is 24.1 Å². The standard InChI is InChI=1S/C71H113NO36/c1-29-53(103-59-48(86)42(80)32(76)25-97-59)47(85)51(89)61(99-29)106-56-45(83)41(72-40(79)27-96-20-19-95-18-17-94-8)34(23-73)100-63(56)108-65(93)71-16-15-66(2,3)21-31(71)30-9-10-37-67(4)13-12-39(68(5,28-75)36(67)11-14-69(37,6)70(30,7)22-38(71)78)102-64-57(107-62-50(88)46(84)44(82)35(24-74)101-62)54(52(90)55(105-64)58(91)92)104-60-49(87)43(81)33(77)26-98-60/h9,28-29,31-39,41-57,59-64,73-74,76-78,80-90H,10-27H2,1-8H3,(H,72,79)(H,91,92)/t29?,31?,32-,33-,34?,35?,36-,37?,38?,39+,41+,42?,43+,44+,45?,46+,47?,48?,49?,50?,51?,52+,53+,54+,55?,56?,57?,59+,60+,61+,62+,63+,64-,67?,68-,69+,70-,71-/m1/s1. The number of amides is 1. The summed E-state index contributed by atoms with van der Waals surface area (Å²) < 4.78 is 88.6. The predicted octanol–water partition coefficient (Wildman–Crippen LogP) is -6.04. The van der Waals surface area contributed by atoms with Crippen molar-refractivity contribution in [3.05, 3.63) is 11.6 Å². The van der Waals surface area contributed by atoms with Crippen LogP contribution in [0, 0.1) is 50.2 Å². The van der Waals surface area contributed by atoms with Gasteiger partial charge in [0.15, 0.2) is 43.7 Å². The first-order valence-electron chi connectivity index (χ1n) is 37.3. The Labute approximate surface area is 623 Å². The number of hydrogen-bond acceptors (Lipinski definition) is 35. The topological polar surface area (TPSA) is 563 Å². The molecule has 0 aromatic rings. The molecule has 38 atom stereocenters. The summed E-state index contributed by atoms with van der Waals surface area (Å²) in [5.41, 5.74) is -5.09. The molecule has 0 spiro atoms. The Morgan fingerprint density at radius 2 is 1.15 bits per heavy atom. The lowest BCUT2D eigenvalue weighted by molar-refractivity contribution is -0.391. The largest absolute Gasteiger partial charge is 0.479 e. The molecule has 0 aromatic heterocycles. The van der Waals surface area contributed by atoms with E-state index in [4.69, 9.17) is 71.1 Å². The number of carboxylic acids is 1. The average molecular weight is 1560 g/mol. The summed E-state index contributed by atoms with van der Waals surface area (Å²) in [5, 5.41) is 191. The molecule has 18 N–H and O–H groups in total. The van der Waals surface area contributed by atoms with E-state index in [9.17, 15) is 101 Å². The molecule has 11 aliphatic rings. The molecule has 5 aliphatic carbocycles. The number of aliphatic hydroxyl groups is 16. The lowest BCUT2D eigenvalue weighted by Gasteiger charge is -2.71. The van der Waals surface area contributed by atoms with E-state index in [1.165, 1.54) is 14.0 Å². The zero-order valence-corrected chi connectivity index (χ0v) is 61.8. The smallest absolute Gasteiger partial charge is 0.335 e. The van der Waals surface area contributed by atoms with Crippen LogP contribution in [0.25, 0.3) is 0 Å². The Morgan fingerprint density at radius 1 is 0.565 bits per heavy atom. The van der Waals surface area contributed by atoms with Gasteiger partial charge < -0.3 is 168 Å². The second kappa shape index (κ2) is 33.8. The van der Waals surface area contributed by atoms with Gasteiger partial charge in [0.05, 0.1) is 82.6 Å².